The number of amides is 1. The molecular formula is C17H16N2O4S. The van der Waals surface area contributed by atoms with Crippen LogP contribution in [0.25, 0.3) is 0 Å². The molecule has 0 bridgehead atoms. The van der Waals surface area contributed by atoms with Crippen molar-refractivity contribution in [3.8, 4) is 0 Å². The van der Waals surface area contributed by atoms with Crippen molar-refractivity contribution in [3.63, 3.8) is 0 Å². The third kappa shape index (κ3) is 3.35. The fourth-order valence-electron chi connectivity index (χ4n) is 2.84. The predicted octanol–water partition coefficient (Wildman–Crippen LogP) is 3.60. The number of hydrogen-bond acceptors (Lipinski definition) is 5. The Labute approximate surface area is 142 Å². The van der Waals surface area contributed by atoms with Crippen molar-refractivity contribution < 1.29 is 14.5 Å². The van der Waals surface area contributed by atoms with Crippen LogP contribution in [-0.4, -0.2) is 23.2 Å². The van der Waals surface area contributed by atoms with Gasteiger partial charge < -0.3 is 4.90 Å². The van der Waals surface area contributed by atoms with Gasteiger partial charge in [-0.15, -0.1) is 11.3 Å². The molecule has 0 N–H and O–H groups in total. The molecule has 124 valence electrons. The Kier molecular flexibility index (Phi) is 4.71. The van der Waals surface area contributed by atoms with Gasteiger partial charge in [-0.1, -0.05) is 12.1 Å². The van der Waals surface area contributed by atoms with E-state index in [4.69, 9.17) is 0 Å². The number of nitro benzene ring substituents is 1. The van der Waals surface area contributed by atoms with Crippen molar-refractivity contribution >= 4 is 34.4 Å². The molecule has 0 saturated heterocycles. The van der Waals surface area contributed by atoms with Crippen LogP contribution in [0.5, 0.6) is 0 Å². The van der Waals surface area contributed by atoms with Gasteiger partial charge in [0.05, 0.1) is 15.5 Å². The minimum atomic E-state index is -0.457. The van der Waals surface area contributed by atoms with Crippen LogP contribution in [0.1, 0.15) is 34.5 Å². The van der Waals surface area contributed by atoms with Gasteiger partial charge >= 0.3 is 0 Å². The number of hydrogen-bond donors (Lipinski definition) is 0. The van der Waals surface area contributed by atoms with Crippen LogP contribution in [0.3, 0.4) is 0 Å². The van der Waals surface area contributed by atoms with Crippen LogP contribution in [-0.2, 0) is 11.2 Å². The quantitative estimate of drug-likeness (QED) is 0.455. The van der Waals surface area contributed by atoms with E-state index in [-0.39, 0.29) is 23.8 Å². The van der Waals surface area contributed by atoms with Gasteiger partial charge in [-0.2, -0.15) is 0 Å². The zero-order valence-electron chi connectivity index (χ0n) is 12.9. The Bertz CT molecular complexity index is 786. The molecule has 1 aliphatic rings. The van der Waals surface area contributed by atoms with Gasteiger partial charge in [0, 0.05) is 31.5 Å². The lowest BCUT2D eigenvalue weighted by molar-refractivity contribution is -0.384. The summed E-state index contributed by atoms with van der Waals surface area (Å²) in [4.78, 5) is 37.1. The maximum absolute atomic E-state index is 12.4. The summed E-state index contributed by atoms with van der Waals surface area (Å²) in [5, 5.41) is 12.8. The summed E-state index contributed by atoms with van der Waals surface area (Å²) in [7, 11) is 0. The first-order chi connectivity index (χ1) is 11.6. The van der Waals surface area contributed by atoms with Crippen LogP contribution < -0.4 is 4.90 Å². The molecule has 1 amide bonds. The Morgan fingerprint density at radius 3 is 2.79 bits per heavy atom. The van der Waals surface area contributed by atoms with E-state index < -0.39 is 4.92 Å². The van der Waals surface area contributed by atoms with Gasteiger partial charge in [-0.05, 0) is 29.9 Å². The molecule has 0 fully saturated rings. The number of fused-ring (bicyclic) bond motifs is 1. The lowest BCUT2D eigenvalue weighted by atomic mass is 10.1. The highest BCUT2D eigenvalue weighted by atomic mass is 32.1. The van der Waals surface area contributed by atoms with E-state index in [1.54, 1.807) is 17.0 Å². The topological polar surface area (TPSA) is 80.5 Å². The van der Waals surface area contributed by atoms with E-state index in [2.05, 4.69) is 0 Å². The number of benzene rings is 1. The normalized spacial score (nSPS) is 12.9. The molecule has 0 aliphatic carbocycles. The van der Waals surface area contributed by atoms with Gasteiger partial charge in [-0.3, -0.25) is 19.7 Å². The van der Waals surface area contributed by atoms with Crippen molar-refractivity contribution in [3.05, 3.63) is 56.3 Å². The van der Waals surface area contributed by atoms with Crippen LogP contribution in [0.15, 0.2) is 35.7 Å². The molecule has 1 aromatic heterocycles. The van der Waals surface area contributed by atoms with Gasteiger partial charge in [0.1, 0.15) is 0 Å². The summed E-state index contributed by atoms with van der Waals surface area (Å²) in [5.41, 5.74) is 1.56. The summed E-state index contributed by atoms with van der Waals surface area (Å²) < 4.78 is 0. The van der Waals surface area contributed by atoms with Gasteiger partial charge in [0.2, 0.25) is 5.91 Å². The van der Waals surface area contributed by atoms with E-state index in [1.807, 2.05) is 11.4 Å². The lowest BCUT2D eigenvalue weighted by Crippen LogP contribution is -2.28. The second-order valence-electron chi connectivity index (χ2n) is 5.62. The van der Waals surface area contributed by atoms with Gasteiger partial charge in [0.25, 0.3) is 5.69 Å². The Balaban J connectivity index is 1.60. The molecule has 0 spiro atoms. The summed E-state index contributed by atoms with van der Waals surface area (Å²) in [5.74, 6) is -0.0384. The molecule has 6 nitrogen and oxygen atoms in total. The number of carbonyl (C=O) groups excluding carboxylic acids is 2. The van der Waals surface area contributed by atoms with E-state index in [1.165, 1.54) is 23.5 Å². The maximum Gasteiger partial charge on any atom is 0.271 e. The number of nitrogens with zero attached hydrogens (tertiary/aromatic N) is 2. The second-order valence-corrected chi connectivity index (χ2v) is 6.57. The minimum Gasteiger partial charge on any atom is -0.312 e. The Morgan fingerprint density at radius 1 is 1.25 bits per heavy atom. The number of ketones is 1. The molecule has 0 radical (unpaired) electrons. The molecule has 0 unspecified atom stereocenters. The SMILES string of the molecule is O=C(CCCC(=O)N1CCc2ccc([N+](=O)[O-])cc21)c1cccs1. The number of Topliss-reactive ketones (excluding diaryl/α,β-unsaturated/α-hetero) is 1. The number of anilines is 1. The number of non-ortho nitro benzene ring substituents is 1. The van der Waals surface area contributed by atoms with E-state index in [9.17, 15) is 19.7 Å². The van der Waals surface area contributed by atoms with Crippen molar-refractivity contribution in [2.24, 2.45) is 0 Å². The highest BCUT2D eigenvalue weighted by Gasteiger charge is 2.26. The number of nitro groups is 1. The lowest BCUT2D eigenvalue weighted by Gasteiger charge is -2.17. The van der Waals surface area contributed by atoms with Crippen LogP contribution in [0.4, 0.5) is 11.4 Å². The van der Waals surface area contributed by atoms with Crippen molar-refractivity contribution in [1.29, 1.82) is 0 Å². The van der Waals surface area contributed by atoms with Crippen LogP contribution in [0.2, 0.25) is 0 Å². The smallest absolute Gasteiger partial charge is 0.271 e. The molecule has 24 heavy (non-hydrogen) atoms. The Hall–Kier alpha value is -2.54. The monoisotopic (exact) mass is 344 g/mol. The first kappa shape index (κ1) is 16.3. The van der Waals surface area contributed by atoms with E-state index in [0.717, 1.165) is 5.56 Å². The first-order valence-corrected chi connectivity index (χ1v) is 8.58. The highest BCUT2D eigenvalue weighted by Crippen LogP contribution is 2.32. The molecule has 1 aliphatic heterocycles. The fraction of sp³-hybridized carbons (Fsp3) is 0.294. The summed E-state index contributed by atoms with van der Waals surface area (Å²) in [6.45, 7) is 0.536. The minimum absolute atomic E-state index is 0.0127. The second kappa shape index (κ2) is 6.92. The average molecular weight is 344 g/mol. The Morgan fingerprint density at radius 2 is 2.08 bits per heavy atom. The first-order valence-electron chi connectivity index (χ1n) is 7.70. The van der Waals surface area contributed by atoms with Crippen LogP contribution >= 0.6 is 11.3 Å². The van der Waals surface area contributed by atoms with Crippen molar-refractivity contribution in [1.82, 2.24) is 0 Å². The number of thiophene rings is 1. The average Bonchev–Trinajstić information content (AvgIpc) is 3.23. The molecule has 0 atom stereocenters. The largest absolute Gasteiger partial charge is 0.312 e. The molecular weight excluding hydrogens is 328 g/mol. The van der Waals surface area contributed by atoms with E-state index >= 15 is 0 Å². The van der Waals surface area contributed by atoms with Gasteiger partial charge in [-0.25, -0.2) is 0 Å². The van der Waals surface area contributed by atoms with Crippen LogP contribution in [0, 0.1) is 10.1 Å². The predicted molar refractivity (Wildman–Crippen MR) is 91.7 cm³/mol. The third-order valence-corrected chi connectivity index (χ3v) is 4.98. The molecule has 0 saturated carbocycles. The van der Waals surface area contributed by atoms with E-state index in [0.29, 0.717) is 36.4 Å². The summed E-state index contributed by atoms with van der Waals surface area (Å²) >= 11 is 1.40. The zero-order chi connectivity index (χ0) is 17.1. The fourth-order valence-corrected chi connectivity index (χ4v) is 3.53. The third-order valence-electron chi connectivity index (χ3n) is 4.07. The molecule has 2 heterocycles. The number of rotatable bonds is 6. The standard InChI is InChI=1S/C17H16N2O4S/c20-15(16-4-2-10-24-16)3-1-5-17(21)18-9-8-12-6-7-13(19(22)23)11-14(12)18/h2,4,6-7,10-11H,1,3,5,8-9H2. The maximum atomic E-state index is 12.4. The zero-order valence-corrected chi connectivity index (χ0v) is 13.8. The highest BCUT2D eigenvalue weighted by molar-refractivity contribution is 7.12. The van der Waals surface area contributed by atoms with Gasteiger partial charge in [0.15, 0.2) is 5.78 Å². The molecule has 1 aromatic carbocycles. The molecule has 2 aromatic rings. The van der Waals surface area contributed by atoms with Crippen molar-refractivity contribution in [2.45, 2.75) is 25.7 Å². The number of carbonyl (C=O) groups is 2. The summed E-state index contributed by atoms with van der Waals surface area (Å²) in [6, 6.07) is 8.24. The summed E-state index contributed by atoms with van der Waals surface area (Å²) in [6.07, 6.45) is 1.78. The molecule has 3 rings (SSSR count). The molecule has 7 heteroatoms. The van der Waals surface area contributed by atoms with Crippen molar-refractivity contribution in [2.75, 3.05) is 11.4 Å².